The van der Waals surface area contributed by atoms with Crippen LogP contribution in [0.25, 0.3) is 0 Å². The summed E-state index contributed by atoms with van der Waals surface area (Å²) in [6.07, 6.45) is 2.35. The van der Waals surface area contributed by atoms with E-state index in [1.165, 1.54) is 12.0 Å². The first-order valence-electron chi connectivity index (χ1n) is 7.39. The fourth-order valence-corrected chi connectivity index (χ4v) is 3.06. The third-order valence-corrected chi connectivity index (χ3v) is 4.12. The Morgan fingerprint density at radius 2 is 2.26 bits per heavy atom. The van der Waals surface area contributed by atoms with Crippen LogP contribution in [0, 0.1) is 6.92 Å². The van der Waals surface area contributed by atoms with Crippen LogP contribution < -0.4 is 5.32 Å². The second-order valence-electron chi connectivity index (χ2n) is 5.62. The summed E-state index contributed by atoms with van der Waals surface area (Å²) in [7, 11) is 0. The van der Waals surface area contributed by atoms with Crippen LogP contribution in [0.2, 0.25) is 0 Å². The van der Waals surface area contributed by atoms with Crippen molar-refractivity contribution < 1.29 is 5.11 Å². The maximum absolute atomic E-state index is 10.1. The Morgan fingerprint density at radius 1 is 1.47 bits per heavy atom. The average molecular weight is 262 g/mol. The molecule has 1 saturated heterocycles. The van der Waals surface area contributed by atoms with Crippen LogP contribution in [-0.4, -0.2) is 35.7 Å². The summed E-state index contributed by atoms with van der Waals surface area (Å²) in [4.78, 5) is 2.54. The molecule has 0 bridgehead atoms. The highest BCUT2D eigenvalue weighted by Crippen LogP contribution is 2.31. The Hall–Kier alpha value is -1.06. The Bertz CT molecular complexity index is 413. The molecule has 0 saturated carbocycles. The zero-order valence-corrected chi connectivity index (χ0v) is 12.3. The zero-order valence-electron chi connectivity index (χ0n) is 12.3. The van der Waals surface area contributed by atoms with E-state index < -0.39 is 0 Å². The molecule has 2 atom stereocenters. The van der Waals surface area contributed by atoms with Crippen LogP contribution in [0.4, 0.5) is 0 Å². The molecule has 2 N–H and O–H groups in total. The van der Waals surface area contributed by atoms with E-state index in [9.17, 15) is 5.11 Å². The van der Waals surface area contributed by atoms with Gasteiger partial charge in [-0.2, -0.15) is 0 Å². The highest BCUT2D eigenvalue weighted by molar-refractivity contribution is 5.37. The smallest absolute Gasteiger partial charge is 0.120 e. The molecule has 1 aromatic carbocycles. The number of benzene rings is 1. The lowest BCUT2D eigenvalue weighted by Gasteiger charge is -2.34. The molecule has 0 aliphatic carbocycles. The highest BCUT2D eigenvalue weighted by atomic mass is 16.3. The van der Waals surface area contributed by atoms with E-state index in [0.29, 0.717) is 11.8 Å². The first-order chi connectivity index (χ1) is 9.13. The lowest BCUT2D eigenvalue weighted by molar-refractivity contribution is 0.151. The molecule has 0 spiro atoms. The van der Waals surface area contributed by atoms with Crippen LogP contribution in [0.15, 0.2) is 18.2 Å². The van der Waals surface area contributed by atoms with Crippen molar-refractivity contribution in [2.45, 2.75) is 45.7 Å². The summed E-state index contributed by atoms with van der Waals surface area (Å²) in [6, 6.07) is 6.76. The summed E-state index contributed by atoms with van der Waals surface area (Å²) >= 11 is 0. The second-order valence-corrected chi connectivity index (χ2v) is 5.62. The molecule has 2 rings (SSSR count). The molecular weight excluding hydrogens is 236 g/mol. The fraction of sp³-hybridized carbons (Fsp3) is 0.625. The third-order valence-electron chi connectivity index (χ3n) is 4.12. The van der Waals surface area contributed by atoms with E-state index >= 15 is 0 Å². The minimum Gasteiger partial charge on any atom is -0.508 e. The van der Waals surface area contributed by atoms with Gasteiger partial charge < -0.3 is 10.4 Å². The molecule has 1 aliphatic heterocycles. The predicted molar refractivity (Wildman–Crippen MR) is 79.5 cm³/mol. The Morgan fingerprint density at radius 3 is 2.89 bits per heavy atom. The first kappa shape index (κ1) is 14.4. The van der Waals surface area contributed by atoms with Gasteiger partial charge in [-0.25, -0.2) is 0 Å². The number of nitrogens with zero attached hydrogens (tertiary/aromatic N) is 1. The summed E-state index contributed by atoms with van der Waals surface area (Å²) < 4.78 is 0. The maximum Gasteiger partial charge on any atom is 0.120 e. The van der Waals surface area contributed by atoms with E-state index in [1.54, 1.807) is 0 Å². The van der Waals surface area contributed by atoms with E-state index in [4.69, 9.17) is 0 Å². The minimum absolute atomic E-state index is 0.268. The van der Waals surface area contributed by atoms with Crippen LogP contribution >= 0.6 is 0 Å². The monoisotopic (exact) mass is 262 g/mol. The number of aryl methyl sites for hydroxylation is 1. The van der Waals surface area contributed by atoms with E-state index in [-0.39, 0.29) is 6.04 Å². The Labute approximate surface area is 116 Å². The van der Waals surface area contributed by atoms with Crippen molar-refractivity contribution in [1.82, 2.24) is 10.2 Å². The predicted octanol–water partition coefficient (Wildman–Crippen LogP) is 2.84. The number of phenols is 1. The van der Waals surface area contributed by atoms with Crippen molar-refractivity contribution in [3.05, 3.63) is 29.3 Å². The molecule has 3 nitrogen and oxygen atoms in total. The molecule has 0 aromatic heterocycles. The van der Waals surface area contributed by atoms with Crippen molar-refractivity contribution in [2.75, 3.05) is 19.6 Å². The van der Waals surface area contributed by atoms with Gasteiger partial charge in [0.05, 0.1) is 0 Å². The molecule has 106 valence electrons. The molecule has 1 aromatic rings. The van der Waals surface area contributed by atoms with Gasteiger partial charge in [-0.15, -0.1) is 0 Å². The van der Waals surface area contributed by atoms with E-state index in [0.717, 1.165) is 31.6 Å². The SMILES string of the molecule is CCCN(C1CCNC1)C(C)c1cc(C)ccc1O. The van der Waals surface area contributed by atoms with Gasteiger partial charge in [0, 0.05) is 24.2 Å². The number of phenolic OH excluding ortho intramolecular Hbond substituents is 1. The van der Waals surface area contributed by atoms with Gasteiger partial charge in [-0.1, -0.05) is 24.6 Å². The fourth-order valence-electron chi connectivity index (χ4n) is 3.06. The summed E-state index contributed by atoms with van der Waals surface area (Å²) in [5.41, 5.74) is 2.26. The molecule has 1 aliphatic rings. The number of nitrogens with one attached hydrogen (secondary N) is 1. The van der Waals surface area contributed by atoms with Crippen LogP contribution in [0.3, 0.4) is 0 Å². The molecule has 1 fully saturated rings. The molecule has 19 heavy (non-hydrogen) atoms. The highest BCUT2D eigenvalue weighted by Gasteiger charge is 2.27. The van der Waals surface area contributed by atoms with Gasteiger partial charge in [-0.05, 0) is 45.8 Å². The van der Waals surface area contributed by atoms with Gasteiger partial charge in [-0.3, -0.25) is 4.90 Å². The van der Waals surface area contributed by atoms with Crippen LogP contribution in [0.5, 0.6) is 5.75 Å². The van der Waals surface area contributed by atoms with Gasteiger partial charge in [0.15, 0.2) is 0 Å². The van der Waals surface area contributed by atoms with Gasteiger partial charge >= 0.3 is 0 Å². The maximum atomic E-state index is 10.1. The zero-order chi connectivity index (χ0) is 13.8. The third kappa shape index (κ3) is 3.28. The van der Waals surface area contributed by atoms with Crippen LogP contribution in [0.1, 0.15) is 43.9 Å². The largest absolute Gasteiger partial charge is 0.508 e. The second kappa shape index (κ2) is 6.40. The quantitative estimate of drug-likeness (QED) is 0.856. The minimum atomic E-state index is 0.268. The normalized spacial score (nSPS) is 20.9. The topological polar surface area (TPSA) is 35.5 Å². The van der Waals surface area contributed by atoms with Crippen molar-refractivity contribution in [3.63, 3.8) is 0 Å². The summed E-state index contributed by atoms with van der Waals surface area (Å²) in [6.45, 7) is 9.77. The molecular formula is C16H26N2O. The van der Waals surface area contributed by atoms with Crippen molar-refractivity contribution in [1.29, 1.82) is 0 Å². The van der Waals surface area contributed by atoms with Crippen molar-refractivity contribution in [3.8, 4) is 5.75 Å². The summed E-state index contributed by atoms with van der Waals surface area (Å²) in [5.74, 6) is 0.421. The standard InChI is InChI=1S/C16H26N2O/c1-4-9-18(14-7-8-17-11-14)13(3)15-10-12(2)5-6-16(15)19/h5-6,10,13-14,17,19H,4,7-9,11H2,1-3H3. The molecule has 0 radical (unpaired) electrons. The lowest BCUT2D eigenvalue weighted by atomic mass is 10.0. The molecule has 1 heterocycles. The summed E-state index contributed by atoms with van der Waals surface area (Å²) in [5, 5.41) is 13.6. The lowest BCUT2D eigenvalue weighted by Crippen LogP contribution is -2.39. The van der Waals surface area contributed by atoms with E-state index in [1.807, 2.05) is 12.1 Å². The number of hydrogen-bond donors (Lipinski definition) is 2. The first-order valence-corrected chi connectivity index (χ1v) is 7.39. The van der Waals surface area contributed by atoms with Gasteiger partial charge in [0.25, 0.3) is 0 Å². The van der Waals surface area contributed by atoms with Gasteiger partial charge in [0.1, 0.15) is 5.75 Å². The van der Waals surface area contributed by atoms with Gasteiger partial charge in [0.2, 0.25) is 0 Å². The average Bonchev–Trinajstić information content (AvgIpc) is 2.92. The Balaban J connectivity index is 2.22. The number of rotatable bonds is 5. The number of hydrogen-bond acceptors (Lipinski definition) is 3. The van der Waals surface area contributed by atoms with Crippen molar-refractivity contribution >= 4 is 0 Å². The Kier molecular flexibility index (Phi) is 4.83. The van der Waals surface area contributed by atoms with E-state index in [2.05, 4.69) is 37.1 Å². The molecule has 2 unspecified atom stereocenters. The molecule has 0 amide bonds. The van der Waals surface area contributed by atoms with Crippen molar-refractivity contribution in [2.24, 2.45) is 0 Å². The number of aromatic hydroxyl groups is 1. The molecule has 3 heteroatoms. The van der Waals surface area contributed by atoms with Crippen LogP contribution in [-0.2, 0) is 0 Å².